The van der Waals surface area contributed by atoms with Crippen LogP contribution in [0.1, 0.15) is 6.42 Å². The molecule has 0 radical (unpaired) electrons. The van der Waals surface area contributed by atoms with Crippen LogP contribution in [-0.2, 0) is 9.53 Å². The van der Waals surface area contributed by atoms with Gasteiger partial charge in [0.2, 0.25) is 0 Å². The molecule has 0 aromatic carbocycles. The van der Waals surface area contributed by atoms with Crippen molar-refractivity contribution < 1.29 is 9.53 Å². The fraction of sp³-hybridized carbons (Fsp3) is 0.727. The summed E-state index contributed by atoms with van der Waals surface area (Å²) >= 11 is 2.48. The number of rotatable bonds is 0. The second-order valence-corrected chi connectivity index (χ2v) is 6.41. The molecule has 14 heavy (non-hydrogen) atoms. The highest BCUT2D eigenvalue weighted by Crippen LogP contribution is 2.63. The third-order valence-electron chi connectivity index (χ3n) is 4.57. The lowest BCUT2D eigenvalue weighted by Crippen LogP contribution is -2.21. The Morgan fingerprint density at radius 1 is 1.36 bits per heavy atom. The maximum atomic E-state index is 11.6. The minimum atomic E-state index is 0.0860. The van der Waals surface area contributed by atoms with E-state index in [9.17, 15) is 4.79 Å². The van der Waals surface area contributed by atoms with Crippen LogP contribution in [0.15, 0.2) is 12.2 Å². The van der Waals surface area contributed by atoms with Gasteiger partial charge in [-0.15, -0.1) is 0 Å². The van der Waals surface area contributed by atoms with Crippen LogP contribution in [0.4, 0.5) is 0 Å². The van der Waals surface area contributed by atoms with Crippen LogP contribution in [0.3, 0.4) is 0 Å². The lowest BCUT2D eigenvalue weighted by Gasteiger charge is -2.14. The molecular formula is C11H11IO2. The van der Waals surface area contributed by atoms with Crippen molar-refractivity contribution in [3.8, 4) is 0 Å². The van der Waals surface area contributed by atoms with Crippen molar-refractivity contribution in [3.05, 3.63) is 12.2 Å². The van der Waals surface area contributed by atoms with Gasteiger partial charge in [0.1, 0.15) is 6.10 Å². The summed E-state index contributed by atoms with van der Waals surface area (Å²) in [6.07, 6.45) is 6.01. The molecule has 0 spiro atoms. The highest BCUT2D eigenvalue weighted by Gasteiger charge is 2.66. The summed E-state index contributed by atoms with van der Waals surface area (Å²) in [4.78, 5) is 11.6. The molecule has 74 valence electrons. The Balaban J connectivity index is 1.86. The van der Waals surface area contributed by atoms with Crippen LogP contribution >= 0.6 is 22.6 Å². The Morgan fingerprint density at radius 3 is 3.07 bits per heavy atom. The number of halogens is 1. The van der Waals surface area contributed by atoms with Gasteiger partial charge in [-0.3, -0.25) is 4.79 Å². The topological polar surface area (TPSA) is 26.3 Å². The van der Waals surface area contributed by atoms with Gasteiger partial charge < -0.3 is 4.74 Å². The number of allylic oxidation sites excluding steroid dienone is 2. The molecule has 3 fully saturated rings. The van der Waals surface area contributed by atoms with Crippen molar-refractivity contribution >= 4 is 28.6 Å². The molecule has 0 aromatic rings. The zero-order valence-electron chi connectivity index (χ0n) is 7.60. The first-order valence-electron chi connectivity index (χ1n) is 5.30. The Hall–Kier alpha value is -0.0600. The monoisotopic (exact) mass is 302 g/mol. The SMILES string of the molecule is O=C1O[C@@H]2[C@@H](I)[C@@H]3C=C[C@@H]4C[C@H]1[C@H]2[C@H]34. The van der Waals surface area contributed by atoms with E-state index in [1.807, 2.05) is 0 Å². The zero-order valence-corrected chi connectivity index (χ0v) is 9.76. The quantitative estimate of drug-likeness (QED) is 0.295. The highest BCUT2D eigenvalue weighted by atomic mass is 127. The van der Waals surface area contributed by atoms with Crippen molar-refractivity contribution in [2.24, 2.45) is 29.6 Å². The fourth-order valence-corrected chi connectivity index (χ4v) is 5.47. The largest absolute Gasteiger partial charge is 0.461 e. The number of carbonyl (C=O) groups excluding carboxylic acids is 1. The average Bonchev–Trinajstić information content (AvgIpc) is 2.78. The molecule has 0 aromatic heterocycles. The second-order valence-electron chi connectivity index (χ2n) is 4.97. The minimum Gasteiger partial charge on any atom is -0.461 e. The van der Waals surface area contributed by atoms with E-state index in [-0.39, 0.29) is 18.0 Å². The Morgan fingerprint density at radius 2 is 2.21 bits per heavy atom. The van der Waals surface area contributed by atoms with Gasteiger partial charge in [-0.1, -0.05) is 34.7 Å². The zero-order chi connectivity index (χ0) is 9.45. The fourth-order valence-electron chi connectivity index (χ4n) is 4.13. The molecule has 0 unspecified atom stereocenters. The van der Waals surface area contributed by atoms with Gasteiger partial charge in [0.15, 0.2) is 0 Å². The smallest absolute Gasteiger partial charge is 0.309 e. The molecule has 1 aliphatic heterocycles. The first-order chi connectivity index (χ1) is 6.77. The molecular weight excluding hydrogens is 291 g/mol. The molecule has 0 N–H and O–H groups in total. The van der Waals surface area contributed by atoms with Crippen LogP contribution in [0.25, 0.3) is 0 Å². The molecule has 3 heteroatoms. The minimum absolute atomic E-state index is 0.0860. The standard InChI is InChI=1S/C11H11IO2/c12-9-5-2-1-4-3-6-8(7(4)5)10(9)14-11(6)13/h1-2,4-10H,3H2/t4-,5-,6+,7+,8+,9+,10+/m1/s1. The Bertz CT molecular complexity index is 351. The van der Waals surface area contributed by atoms with Crippen LogP contribution in [0.5, 0.6) is 0 Å². The Kier molecular flexibility index (Phi) is 1.37. The Labute approximate surface area is 96.2 Å². The average molecular weight is 302 g/mol. The number of hydrogen-bond acceptors (Lipinski definition) is 2. The number of alkyl halides is 1. The van der Waals surface area contributed by atoms with Gasteiger partial charge in [0, 0.05) is 5.92 Å². The van der Waals surface area contributed by atoms with E-state index in [4.69, 9.17) is 4.74 Å². The van der Waals surface area contributed by atoms with Gasteiger partial charge in [0.25, 0.3) is 0 Å². The summed E-state index contributed by atoms with van der Waals surface area (Å²) in [7, 11) is 0. The molecule has 1 heterocycles. The maximum Gasteiger partial charge on any atom is 0.309 e. The third-order valence-corrected chi connectivity index (χ3v) is 6.11. The first kappa shape index (κ1) is 8.13. The van der Waals surface area contributed by atoms with E-state index in [1.165, 1.54) is 0 Å². The van der Waals surface area contributed by atoms with Gasteiger partial charge >= 0.3 is 5.97 Å². The van der Waals surface area contributed by atoms with Crippen LogP contribution < -0.4 is 0 Å². The number of esters is 1. The van der Waals surface area contributed by atoms with Crippen molar-refractivity contribution in [1.29, 1.82) is 0 Å². The van der Waals surface area contributed by atoms with E-state index in [0.717, 1.165) is 12.3 Å². The molecule has 2 nitrogen and oxygen atoms in total. The number of hydrogen-bond donors (Lipinski definition) is 0. The van der Waals surface area contributed by atoms with Gasteiger partial charge in [-0.2, -0.15) is 0 Å². The van der Waals surface area contributed by atoms with E-state index >= 15 is 0 Å². The summed E-state index contributed by atoms with van der Waals surface area (Å²) in [5.41, 5.74) is 0. The van der Waals surface area contributed by atoms with Gasteiger partial charge in [-0.05, 0) is 24.2 Å². The molecule has 3 aliphatic carbocycles. The van der Waals surface area contributed by atoms with Crippen LogP contribution in [0.2, 0.25) is 0 Å². The third kappa shape index (κ3) is 0.708. The summed E-state index contributed by atoms with van der Waals surface area (Å²) < 4.78 is 6.03. The van der Waals surface area contributed by atoms with Crippen LogP contribution in [-0.4, -0.2) is 16.0 Å². The lowest BCUT2D eigenvalue weighted by atomic mass is 9.89. The van der Waals surface area contributed by atoms with Gasteiger partial charge in [0.05, 0.1) is 9.84 Å². The summed E-state index contributed by atoms with van der Waals surface area (Å²) in [6.45, 7) is 0. The highest BCUT2D eigenvalue weighted by molar-refractivity contribution is 14.1. The summed E-state index contributed by atoms with van der Waals surface area (Å²) in [5, 5.41) is 0. The van der Waals surface area contributed by atoms with E-state index in [0.29, 0.717) is 21.7 Å². The lowest BCUT2D eigenvalue weighted by molar-refractivity contribution is -0.144. The molecule has 1 saturated heterocycles. The molecule has 4 rings (SSSR count). The second kappa shape index (κ2) is 2.36. The van der Waals surface area contributed by atoms with E-state index < -0.39 is 0 Å². The molecule has 2 saturated carbocycles. The maximum absolute atomic E-state index is 11.6. The number of ether oxygens (including phenoxy) is 1. The van der Waals surface area contributed by atoms with Crippen molar-refractivity contribution in [1.82, 2.24) is 0 Å². The predicted octanol–water partition coefficient (Wildman–Crippen LogP) is 1.78. The van der Waals surface area contributed by atoms with E-state index in [1.54, 1.807) is 0 Å². The van der Waals surface area contributed by atoms with E-state index in [2.05, 4.69) is 34.7 Å². The first-order valence-corrected chi connectivity index (χ1v) is 6.55. The van der Waals surface area contributed by atoms with Crippen molar-refractivity contribution in [2.75, 3.05) is 0 Å². The molecule has 7 atom stereocenters. The van der Waals surface area contributed by atoms with Gasteiger partial charge in [-0.25, -0.2) is 0 Å². The van der Waals surface area contributed by atoms with Crippen LogP contribution in [0, 0.1) is 29.6 Å². The molecule has 4 aliphatic rings. The van der Waals surface area contributed by atoms with Crippen molar-refractivity contribution in [3.63, 3.8) is 0 Å². The van der Waals surface area contributed by atoms with Crippen molar-refractivity contribution in [2.45, 2.75) is 16.4 Å². The predicted molar refractivity (Wildman–Crippen MR) is 58.9 cm³/mol. The molecule has 0 amide bonds. The normalized spacial score (nSPS) is 62.1. The number of carbonyl (C=O) groups is 1. The summed E-state index contributed by atoms with van der Waals surface area (Å²) in [6, 6.07) is 0. The molecule has 0 bridgehead atoms. The summed E-state index contributed by atoms with van der Waals surface area (Å²) in [5.74, 6) is 2.98.